The maximum absolute atomic E-state index is 11.8. The van der Waals surface area contributed by atoms with Gasteiger partial charge in [-0.3, -0.25) is 9.69 Å². The smallest absolute Gasteiger partial charge is 0.318 e. The second kappa shape index (κ2) is 2.90. The lowest BCUT2D eigenvalue weighted by Gasteiger charge is -2.15. The molecule has 0 saturated carbocycles. The quantitative estimate of drug-likeness (QED) is 0.571. The van der Waals surface area contributed by atoms with Crippen molar-refractivity contribution in [3.05, 3.63) is 0 Å². The van der Waals surface area contributed by atoms with Gasteiger partial charge in [0.1, 0.15) is 13.1 Å². The van der Waals surface area contributed by atoms with Gasteiger partial charge < -0.3 is 4.90 Å². The van der Waals surface area contributed by atoms with Gasteiger partial charge in [-0.05, 0) is 0 Å². The summed E-state index contributed by atoms with van der Waals surface area (Å²) in [6.45, 7) is -1.79. The van der Waals surface area contributed by atoms with E-state index in [1.807, 2.05) is 0 Å². The number of carbonyl (C=O) groups excluding carboxylic acids is 2. The average Bonchev–Trinajstić information content (AvgIpc) is 2.14. The van der Waals surface area contributed by atoms with Crippen LogP contribution >= 0.6 is 0 Å². The Morgan fingerprint density at radius 2 is 1.92 bits per heavy atom. The van der Waals surface area contributed by atoms with Crippen LogP contribution in [0.2, 0.25) is 0 Å². The number of nitrogens with zero attached hydrogens (tertiary/aromatic N) is 2. The zero-order valence-corrected chi connectivity index (χ0v) is 6.76. The first-order valence-corrected chi connectivity index (χ1v) is 3.43. The summed E-state index contributed by atoms with van der Waals surface area (Å²) in [5.74, 6) is -0.815. The molecule has 74 valence electrons. The molecule has 3 amide bonds. The summed E-state index contributed by atoms with van der Waals surface area (Å²) in [6, 6.07) is -0.901. The summed E-state index contributed by atoms with van der Waals surface area (Å²) in [4.78, 5) is 22.9. The van der Waals surface area contributed by atoms with Crippen LogP contribution in [0.3, 0.4) is 0 Å². The Morgan fingerprint density at radius 1 is 1.38 bits per heavy atom. The van der Waals surface area contributed by atoms with Crippen molar-refractivity contribution in [2.75, 3.05) is 20.1 Å². The minimum Gasteiger partial charge on any atom is -0.318 e. The van der Waals surface area contributed by atoms with Gasteiger partial charge >= 0.3 is 12.2 Å². The van der Waals surface area contributed by atoms with Crippen molar-refractivity contribution >= 4 is 11.9 Å². The summed E-state index contributed by atoms with van der Waals surface area (Å²) in [7, 11) is 1.27. The Morgan fingerprint density at radius 3 is 2.23 bits per heavy atom. The molecule has 0 bridgehead atoms. The summed E-state index contributed by atoms with van der Waals surface area (Å²) < 4.78 is 35.4. The van der Waals surface area contributed by atoms with Gasteiger partial charge in [0.25, 0.3) is 5.91 Å². The van der Waals surface area contributed by atoms with Crippen LogP contribution in [-0.4, -0.2) is 48.1 Å². The van der Waals surface area contributed by atoms with Crippen LogP contribution < -0.4 is 0 Å². The molecule has 0 N–H and O–H groups in total. The molecule has 0 radical (unpaired) electrons. The van der Waals surface area contributed by atoms with E-state index in [2.05, 4.69) is 0 Å². The lowest BCUT2D eigenvalue weighted by molar-refractivity contribution is -0.151. The van der Waals surface area contributed by atoms with Gasteiger partial charge in [0.2, 0.25) is 0 Å². The number of hydrogen-bond donors (Lipinski definition) is 0. The molecule has 13 heavy (non-hydrogen) atoms. The molecule has 0 aliphatic carbocycles. The molecule has 7 heteroatoms. The van der Waals surface area contributed by atoms with Crippen molar-refractivity contribution in [3.63, 3.8) is 0 Å². The third kappa shape index (κ3) is 2.10. The number of urea groups is 1. The second-order valence-corrected chi connectivity index (χ2v) is 2.73. The highest BCUT2D eigenvalue weighted by Crippen LogP contribution is 2.19. The third-order valence-corrected chi connectivity index (χ3v) is 1.57. The van der Waals surface area contributed by atoms with Crippen LogP contribution in [-0.2, 0) is 4.79 Å². The zero-order valence-electron chi connectivity index (χ0n) is 6.76. The van der Waals surface area contributed by atoms with E-state index in [1.54, 1.807) is 0 Å². The lowest BCUT2D eigenvalue weighted by atomic mass is 10.5. The van der Waals surface area contributed by atoms with Gasteiger partial charge in [-0.15, -0.1) is 0 Å². The maximum atomic E-state index is 11.8. The number of halogens is 3. The first kappa shape index (κ1) is 9.82. The fourth-order valence-electron chi connectivity index (χ4n) is 1.00. The minimum atomic E-state index is -4.53. The summed E-state index contributed by atoms with van der Waals surface area (Å²) >= 11 is 0. The number of likely N-dealkylation sites (N-methyl/N-ethyl adjacent to an activating group) is 1. The summed E-state index contributed by atoms with van der Waals surface area (Å²) in [5, 5.41) is 0. The van der Waals surface area contributed by atoms with E-state index in [9.17, 15) is 22.8 Å². The highest BCUT2D eigenvalue weighted by molar-refractivity contribution is 6.01. The molecule has 0 spiro atoms. The Labute approximate surface area is 71.9 Å². The SMILES string of the molecule is CN1CC(=O)N(CC(F)(F)F)C1=O. The largest absolute Gasteiger partial charge is 0.406 e. The standard InChI is InChI=1S/C6H7F3N2O2/c1-10-2-4(12)11(5(10)13)3-6(7,8)9/h2-3H2,1H3. The molecule has 1 heterocycles. The first-order valence-electron chi connectivity index (χ1n) is 3.43. The van der Waals surface area contributed by atoms with Crippen LogP contribution in [0.5, 0.6) is 0 Å². The fraction of sp³-hybridized carbons (Fsp3) is 0.667. The van der Waals surface area contributed by atoms with Crippen molar-refractivity contribution in [3.8, 4) is 0 Å². The summed E-state index contributed by atoms with van der Waals surface area (Å²) in [5.41, 5.74) is 0. The number of alkyl halides is 3. The van der Waals surface area contributed by atoms with E-state index < -0.39 is 24.7 Å². The van der Waals surface area contributed by atoms with Crippen LogP contribution in [0.4, 0.5) is 18.0 Å². The van der Waals surface area contributed by atoms with E-state index in [0.717, 1.165) is 4.90 Å². The molecule has 1 fully saturated rings. The van der Waals surface area contributed by atoms with Crippen molar-refractivity contribution in [1.82, 2.24) is 9.80 Å². The number of carbonyl (C=O) groups is 2. The van der Waals surface area contributed by atoms with Crippen LogP contribution in [0.25, 0.3) is 0 Å². The predicted octanol–water partition coefficient (Wildman–Crippen LogP) is 0.443. The van der Waals surface area contributed by atoms with Gasteiger partial charge in [0, 0.05) is 7.05 Å². The average molecular weight is 196 g/mol. The Hall–Kier alpha value is -1.27. The molecular weight excluding hydrogens is 189 g/mol. The molecule has 1 rings (SSSR count). The van der Waals surface area contributed by atoms with Crippen molar-refractivity contribution < 1.29 is 22.8 Å². The fourth-order valence-corrected chi connectivity index (χ4v) is 1.00. The highest BCUT2D eigenvalue weighted by Gasteiger charge is 2.41. The van der Waals surface area contributed by atoms with E-state index in [1.165, 1.54) is 7.05 Å². The first-order chi connectivity index (χ1) is 5.81. The molecule has 0 aromatic heterocycles. The van der Waals surface area contributed by atoms with Gasteiger partial charge in [-0.1, -0.05) is 0 Å². The van der Waals surface area contributed by atoms with Gasteiger partial charge in [0.05, 0.1) is 0 Å². The van der Waals surface area contributed by atoms with E-state index in [-0.39, 0.29) is 11.4 Å². The molecule has 1 aliphatic heterocycles. The minimum absolute atomic E-state index is 0.194. The van der Waals surface area contributed by atoms with Gasteiger partial charge in [-0.25, -0.2) is 4.79 Å². The molecule has 0 atom stereocenters. The second-order valence-electron chi connectivity index (χ2n) is 2.73. The number of imide groups is 1. The molecule has 0 unspecified atom stereocenters. The van der Waals surface area contributed by atoms with E-state index >= 15 is 0 Å². The summed E-state index contributed by atoms with van der Waals surface area (Å²) in [6.07, 6.45) is -4.53. The van der Waals surface area contributed by atoms with Crippen molar-refractivity contribution in [2.45, 2.75) is 6.18 Å². The normalized spacial score (nSPS) is 18.8. The van der Waals surface area contributed by atoms with E-state index in [0.29, 0.717) is 0 Å². The topological polar surface area (TPSA) is 40.6 Å². The number of rotatable bonds is 1. The van der Waals surface area contributed by atoms with Crippen molar-refractivity contribution in [1.29, 1.82) is 0 Å². The molecule has 0 aromatic rings. The monoisotopic (exact) mass is 196 g/mol. The van der Waals surface area contributed by atoms with E-state index in [4.69, 9.17) is 0 Å². The Balaban J connectivity index is 2.70. The predicted molar refractivity (Wildman–Crippen MR) is 35.8 cm³/mol. The Bertz CT molecular complexity index is 251. The van der Waals surface area contributed by atoms with Gasteiger partial charge in [0.15, 0.2) is 0 Å². The molecule has 0 aromatic carbocycles. The molecule has 1 saturated heterocycles. The molecule has 4 nitrogen and oxygen atoms in total. The molecule has 1 aliphatic rings. The van der Waals surface area contributed by atoms with Crippen LogP contribution in [0, 0.1) is 0 Å². The lowest BCUT2D eigenvalue weighted by Crippen LogP contribution is -2.39. The Kier molecular flexibility index (Phi) is 2.19. The van der Waals surface area contributed by atoms with Crippen LogP contribution in [0.15, 0.2) is 0 Å². The van der Waals surface area contributed by atoms with Gasteiger partial charge in [-0.2, -0.15) is 13.2 Å². The van der Waals surface area contributed by atoms with Crippen LogP contribution in [0.1, 0.15) is 0 Å². The van der Waals surface area contributed by atoms with Crippen molar-refractivity contribution in [2.24, 2.45) is 0 Å². The maximum Gasteiger partial charge on any atom is 0.406 e. The number of hydrogen-bond acceptors (Lipinski definition) is 2. The molecular formula is C6H7F3N2O2. The zero-order chi connectivity index (χ0) is 10.2. The third-order valence-electron chi connectivity index (χ3n) is 1.57. The number of amides is 3. The highest BCUT2D eigenvalue weighted by atomic mass is 19.4.